The first-order valence-corrected chi connectivity index (χ1v) is 7.32. The number of nitrogens with one attached hydrogen (secondary N) is 1. The summed E-state index contributed by atoms with van der Waals surface area (Å²) in [6.07, 6.45) is 2.30. The minimum atomic E-state index is -0.159. The summed E-state index contributed by atoms with van der Waals surface area (Å²) in [4.78, 5) is 2.51. The fourth-order valence-corrected chi connectivity index (χ4v) is 2.85. The van der Waals surface area contributed by atoms with Gasteiger partial charge in [-0.25, -0.2) is 4.39 Å². The molecule has 1 aliphatic heterocycles. The molecule has 0 saturated carbocycles. The molecule has 0 aromatic heterocycles. The van der Waals surface area contributed by atoms with Crippen LogP contribution in [-0.4, -0.2) is 29.6 Å². The van der Waals surface area contributed by atoms with Crippen LogP contribution in [0.3, 0.4) is 0 Å². The Bertz CT molecular complexity index is 398. The highest BCUT2D eigenvalue weighted by Crippen LogP contribution is 2.24. The molecule has 1 N–H and O–H groups in total. The van der Waals surface area contributed by atoms with Gasteiger partial charge in [-0.1, -0.05) is 26.0 Å². The Morgan fingerprint density at radius 2 is 1.89 bits per heavy atom. The molecule has 1 atom stereocenters. The molecule has 1 aromatic rings. The van der Waals surface area contributed by atoms with Crippen molar-refractivity contribution < 1.29 is 4.39 Å². The lowest BCUT2D eigenvalue weighted by atomic mass is 9.88. The van der Waals surface area contributed by atoms with E-state index in [0.717, 1.165) is 32.5 Å². The summed E-state index contributed by atoms with van der Waals surface area (Å²) in [5, 5.41) is 3.70. The number of benzene rings is 1. The molecule has 1 saturated heterocycles. The summed E-state index contributed by atoms with van der Waals surface area (Å²) < 4.78 is 13.0. The van der Waals surface area contributed by atoms with Gasteiger partial charge < -0.3 is 5.32 Å². The lowest BCUT2D eigenvalue weighted by Gasteiger charge is -2.46. The molecular weight excluding hydrogens is 239 g/mol. The fraction of sp³-hybridized carbons (Fsp3) is 0.625. The number of halogens is 1. The number of rotatable bonds is 4. The van der Waals surface area contributed by atoms with Gasteiger partial charge in [-0.15, -0.1) is 0 Å². The quantitative estimate of drug-likeness (QED) is 0.898. The molecule has 1 fully saturated rings. The standard InChI is InChI=1S/C16H25FN2/c1-4-16(5-2)12-19(13(3)10-18-16)11-14-6-8-15(17)9-7-14/h6-9,13,18H,4-5,10-12H2,1-3H3. The van der Waals surface area contributed by atoms with Gasteiger partial charge in [-0.2, -0.15) is 0 Å². The van der Waals surface area contributed by atoms with Gasteiger partial charge >= 0.3 is 0 Å². The SMILES string of the molecule is CCC1(CC)CN(Cc2ccc(F)cc2)C(C)CN1. The topological polar surface area (TPSA) is 15.3 Å². The highest BCUT2D eigenvalue weighted by atomic mass is 19.1. The normalized spacial score (nSPS) is 23.5. The van der Waals surface area contributed by atoms with E-state index >= 15 is 0 Å². The number of hydrogen-bond acceptors (Lipinski definition) is 2. The molecule has 0 bridgehead atoms. The van der Waals surface area contributed by atoms with Gasteiger partial charge in [0.1, 0.15) is 5.82 Å². The predicted octanol–water partition coefficient (Wildman–Crippen LogP) is 3.18. The van der Waals surface area contributed by atoms with E-state index in [1.54, 1.807) is 12.1 Å². The van der Waals surface area contributed by atoms with Crippen molar-refractivity contribution in [3.8, 4) is 0 Å². The zero-order valence-electron chi connectivity index (χ0n) is 12.2. The third-order valence-corrected chi connectivity index (χ3v) is 4.55. The summed E-state index contributed by atoms with van der Waals surface area (Å²) >= 11 is 0. The largest absolute Gasteiger partial charge is 0.308 e. The van der Waals surface area contributed by atoms with Crippen LogP contribution in [-0.2, 0) is 6.54 Å². The molecule has 0 amide bonds. The summed E-state index contributed by atoms with van der Waals surface area (Å²) in [7, 11) is 0. The van der Waals surface area contributed by atoms with Crippen molar-refractivity contribution in [1.82, 2.24) is 10.2 Å². The van der Waals surface area contributed by atoms with Crippen molar-refractivity contribution in [1.29, 1.82) is 0 Å². The maximum absolute atomic E-state index is 13.0. The molecule has 0 spiro atoms. The van der Waals surface area contributed by atoms with Gasteiger partial charge in [-0.05, 0) is 37.5 Å². The van der Waals surface area contributed by atoms with Crippen LogP contribution in [0.1, 0.15) is 39.2 Å². The molecule has 1 unspecified atom stereocenters. The van der Waals surface area contributed by atoms with Crippen LogP contribution in [0.25, 0.3) is 0 Å². The molecule has 0 radical (unpaired) electrons. The summed E-state index contributed by atoms with van der Waals surface area (Å²) in [5.74, 6) is -0.159. The number of piperazine rings is 1. The summed E-state index contributed by atoms with van der Waals surface area (Å²) in [6.45, 7) is 9.77. The predicted molar refractivity (Wildman–Crippen MR) is 77.6 cm³/mol. The van der Waals surface area contributed by atoms with Gasteiger partial charge in [0.05, 0.1) is 0 Å². The molecular formula is C16H25FN2. The van der Waals surface area contributed by atoms with E-state index in [4.69, 9.17) is 0 Å². The van der Waals surface area contributed by atoms with E-state index in [0.29, 0.717) is 6.04 Å². The summed E-state index contributed by atoms with van der Waals surface area (Å²) in [6, 6.07) is 7.41. The Labute approximate surface area is 116 Å². The maximum atomic E-state index is 13.0. The van der Waals surface area contributed by atoms with Crippen molar-refractivity contribution in [2.45, 2.75) is 51.7 Å². The van der Waals surface area contributed by atoms with Crippen molar-refractivity contribution in [3.63, 3.8) is 0 Å². The summed E-state index contributed by atoms with van der Waals surface area (Å²) in [5.41, 5.74) is 1.43. The second-order valence-corrected chi connectivity index (χ2v) is 5.75. The lowest BCUT2D eigenvalue weighted by Crippen LogP contribution is -2.62. The first-order valence-electron chi connectivity index (χ1n) is 7.32. The van der Waals surface area contributed by atoms with Gasteiger partial charge in [-0.3, -0.25) is 4.90 Å². The van der Waals surface area contributed by atoms with Gasteiger partial charge in [0, 0.05) is 31.2 Å². The zero-order valence-corrected chi connectivity index (χ0v) is 12.2. The molecule has 106 valence electrons. The highest BCUT2D eigenvalue weighted by Gasteiger charge is 2.34. The lowest BCUT2D eigenvalue weighted by molar-refractivity contribution is 0.0746. The first kappa shape index (κ1) is 14.5. The zero-order chi connectivity index (χ0) is 13.9. The molecule has 0 aliphatic carbocycles. The van der Waals surface area contributed by atoms with Crippen LogP contribution in [0.2, 0.25) is 0 Å². The van der Waals surface area contributed by atoms with Crippen LogP contribution < -0.4 is 5.32 Å². The van der Waals surface area contributed by atoms with Crippen molar-refractivity contribution in [3.05, 3.63) is 35.6 Å². The first-order chi connectivity index (χ1) is 9.08. The Morgan fingerprint density at radius 3 is 2.47 bits per heavy atom. The molecule has 19 heavy (non-hydrogen) atoms. The van der Waals surface area contributed by atoms with E-state index in [1.807, 2.05) is 12.1 Å². The Morgan fingerprint density at radius 1 is 1.26 bits per heavy atom. The van der Waals surface area contributed by atoms with Crippen LogP contribution in [0.15, 0.2) is 24.3 Å². The van der Waals surface area contributed by atoms with Gasteiger partial charge in [0.15, 0.2) is 0 Å². The van der Waals surface area contributed by atoms with Gasteiger partial charge in [0.2, 0.25) is 0 Å². The van der Waals surface area contributed by atoms with Crippen LogP contribution in [0.5, 0.6) is 0 Å². The van der Waals surface area contributed by atoms with Gasteiger partial charge in [0.25, 0.3) is 0 Å². The third kappa shape index (κ3) is 3.34. The van der Waals surface area contributed by atoms with E-state index in [1.165, 1.54) is 5.56 Å². The van der Waals surface area contributed by atoms with Crippen molar-refractivity contribution in [2.75, 3.05) is 13.1 Å². The molecule has 3 heteroatoms. The minimum Gasteiger partial charge on any atom is -0.308 e. The van der Waals surface area contributed by atoms with Crippen LogP contribution in [0.4, 0.5) is 4.39 Å². The molecule has 2 nitrogen and oxygen atoms in total. The average molecular weight is 264 g/mol. The molecule has 1 heterocycles. The second-order valence-electron chi connectivity index (χ2n) is 5.75. The Kier molecular flexibility index (Phi) is 4.58. The fourth-order valence-electron chi connectivity index (χ4n) is 2.85. The van der Waals surface area contributed by atoms with Crippen LogP contribution in [0, 0.1) is 5.82 Å². The minimum absolute atomic E-state index is 0.159. The van der Waals surface area contributed by atoms with E-state index < -0.39 is 0 Å². The smallest absolute Gasteiger partial charge is 0.123 e. The average Bonchev–Trinajstić information content (AvgIpc) is 2.44. The second kappa shape index (κ2) is 6.02. The highest BCUT2D eigenvalue weighted by molar-refractivity contribution is 5.16. The third-order valence-electron chi connectivity index (χ3n) is 4.55. The molecule has 1 aromatic carbocycles. The molecule has 1 aliphatic rings. The maximum Gasteiger partial charge on any atom is 0.123 e. The molecule has 2 rings (SSSR count). The van der Waals surface area contributed by atoms with Crippen molar-refractivity contribution in [2.24, 2.45) is 0 Å². The Balaban J connectivity index is 2.07. The van der Waals surface area contributed by atoms with Crippen molar-refractivity contribution >= 4 is 0 Å². The van der Waals surface area contributed by atoms with E-state index in [9.17, 15) is 4.39 Å². The van der Waals surface area contributed by atoms with Crippen LogP contribution >= 0.6 is 0 Å². The Hall–Kier alpha value is -0.930. The van der Waals surface area contributed by atoms with E-state index in [2.05, 4.69) is 31.0 Å². The van der Waals surface area contributed by atoms with E-state index in [-0.39, 0.29) is 11.4 Å². The monoisotopic (exact) mass is 264 g/mol. The number of nitrogens with zero attached hydrogens (tertiary/aromatic N) is 1. The number of hydrogen-bond donors (Lipinski definition) is 1.